The van der Waals surface area contributed by atoms with Crippen molar-refractivity contribution in [2.24, 2.45) is 11.7 Å². The third kappa shape index (κ3) is 3.00. The van der Waals surface area contributed by atoms with Gasteiger partial charge in [-0.1, -0.05) is 19.8 Å². The number of hydrogen-bond acceptors (Lipinski definition) is 3. The summed E-state index contributed by atoms with van der Waals surface area (Å²) in [5.41, 5.74) is 13.2. The van der Waals surface area contributed by atoms with Gasteiger partial charge < -0.3 is 16.4 Å². The average Bonchev–Trinajstić information content (AvgIpc) is 2.37. The van der Waals surface area contributed by atoms with E-state index in [1.54, 1.807) is 6.07 Å². The Morgan fingerprint density at radius 3 is 2.74 bits per heavy atom. The molecule has 1 saturated carbocycles. The maximum Gasteiger partial charge on any atom is 0.250 e. The lowest BCUT2D eigenvalue weighted by Gasteiger charge is -2.36. The van der Waals surface area contributed by atoms with E-state index in [1.807, 2.05) is 19.2 Å². The summed E-state index contributed by atoms with van der Waals surface area (Å²) in [5.74, 6) is 0.324. The highest BCUT2D eigenvalue weighted by Crippen LogP contribution is 2.31. The summed E-state index contributed by atoms with van der Waals surface area (Å²) in [6, 6.07) is 5.87. The Bertz CT molecular complexity index is 472. The van der Waals surface area contributed by atoms with Gasteiger partial charge in [-0.15, -0.1) is 0 Å². The van der Waals surface area contributed by atoms with Crippen molar-refractivity contribution in [3.63, 3.8) is 0 Å². The number of amides is 1. The standard InChI is InChI=1S/C15H23N3O/c1-10-4-3-5-12(8-10)18(2)14-7-6-11(16)9-13(14)15(17)19/h6-7,9-10,12H,3-5,8,16H2,1-2H3,(H2,17,19). The van der Waals surface area contributed by atoms with Gasteiger partial charge in [-0.05, 0) is 37.0 Å². The molecular formula is C15H23N3O. The van der Waals surface area contributed by atoms with Crippen LogP contribution in [0.15, 0.2) is 18.2 Å². The van der Waals surface area contributed by atoms with E-state index in [4.69, 9.17) is 11.5 Å². The Morgan fingerprint density at radius 1 is 1.37 bits per heavy atom. The number of nitrogens with zero attached hydrogens (tertiary/aromatic N) is 1. The lowest BCUT2D eigenvalue weighted by Crippen LogP contribution is -2.36. The number of nitrogens with two attached hydrogens (primary N) is 2. The van der Waals surface area contributed by atoms with Crippen molar-refractivity contribution in [3.05, 3.63) is 23.8 Å². The Balaban J connectivity index is 2.27. The van der Waals surface area contributed by atoms with Gasteiger partial charge in [0.05, 0.1) is 5.56 Å². The third-order valence-electron chi connectivity index (χ3n) is 4.12. The van der Waals surface area contributed by atoms with E-state index < -0.39 is 5.91 Å². The molecule has 1 fully saturated rings. The smallest absolute Gasteiger partial charge is 0.250 e. The Morgan fingerprint density at radius 2 is 2.11 bits per heavy atom. The van der Waals surface area contributed by atoms with E-state index in [0.29, 0.717) is 17.3 Å². The number of benzene rings is 1. The van der Waals surface area contributed by atoms with Crippen molar-refractivity contribution < 1.29 is 4.79 Å². The van der Waals surface area contributed by atoms with E-state index in [-0.39, 0.29) is 0 Å². The fraction of sp³-hybridized carbons (Fsp3) is 0.533. The molecule has 104 valence electrons. The van der Waals surface area contributed by atoms with Crippen molar-refractivity contribution in [2.75, 3.05) is 17.7 Å². The summed E-state index contributed by atoms with van der Waals surface area (Å²) in [6.45, 7) is 2.29. The molecule has 0 aliphatic heterocycles. The first-order valence-electron chi connectivity index (χ1n) is 6.91. The minimum atomic E-state index is -0.419. The maximum atomic E-state index is 11.6. The monoisotopic (exact) mass is 261 g/mol. The molecule has 0 spiro atoms. The summed E-state index contributed by atoms with van der Waals surface area (Å²) in [4.78, 5) is 13.8. The second kappa shape index (κ2) is 5.51. The molecule has 1 aliphatic carbocycles. The van der Waals surface area contributed by atoms with Crippen LogP contribution in [0.1, 0.15) is 43.0 Å². The summed E-state index contributed by atoms with van der Waals surface area (Å²) < 4.78 is 0. The van der Waals surface area contributed by atoms with E-state index in [9.17, 15) is 4.79 Å². The molecule has 4 nitrogen and oxygen atoms in total. The zero-order valence-electron chi connectivity index (χ0n) is 11.7. The summed E-state index contributed by atoms with van der Waals surface area (Å²) in [5, 5.41) is 0. The predicted molar refractivity (Wildman–Crippen MR) is 79.2 cm³/mol. The van der Waals surface area contributed by atoms with Crippen molar-refractivity contribution >= 4 is 17.3 Å². The van der Waals surface area contributed by atoms with Crippen molar-refractivity contribution in [1.29, 1.82) is 0 Å². The van der Waals surface area contributed by atoms with Gasteiger partial charge in [0.25, 0.3) is 5.91 Å². The topological polar surface area (TPSA) is 72.3 Å². The van der Waals surface area contributed by atoms with Gasteiger partial charge in [0.15, 0.2) is 0 Å². The number of primary amides is 1. The molecule has 1 aromatic carbocycles. The van der Waals surface area contributed by atoms with Crippen LogP contribution in [0, 0.1) is 5.92 Å². The van der Waals surface area contributed by atoms with Crippen LogP contribution in [-0.4, -0.2) is 19.0 Å². The molecule has 0 radical (unpaired) electrons. The molecule has 2 atom stereocenters. The zero-order chi connectivity index (χ0) is 14.0. The molecule has 0 bridgehead atoms. The molecule has 4 N–H and O–H groups in total. The van der Waals surface area contributed by atoms with E-state index in [1.165, 1.54) is 25.7 Å². The number of carbonyl (C=O) groups excluding carboxylic acids is 1. The predicted octanol–water partition coefficient (Wildman–Crippen LogP) is 2.38. The summed E-state index contributed by atoms with van der Waals surface area (Å²) in [6.07, 6.45) is 4.88. The number of carbonyl (C=O) groups is 1. The second-order valence-corrected chi connectivity index (χ2v) is 5.68. The third-order valence-corrected chi connectivity index (χ3v) is 4.12. The van der Waals surface area contributed by atoms with Gasteiger partial charge in [0.1, 0.15) is 0 Å². The first-order chi connectivity index (χ1) is 8.99. The van der Waals surface area contributed by atoms with Crippen LogP contribution in [0.3, 0.4) is 0 Å². The first-order valence-corrected chi connectivity index (χ1v) is 6.91. The number of rotatable bonds is 3. The normalized spacial score (nSPS) is 23.1. The van der Waals surface area contributed by atoms with Gasteiger partial charge in [-0.25, -0.2) is 0 Å². The lowest BCUT2D eigenvalue weighted by atomic mass is 9.86. The van der Waals surface area contributed by atoms with Gasteiger partial charge in [-0.3, -0.25) is 4.79 Å². The van der Waals surface area contributed by atoms with Gasteiger partial charge >= 0.3 is 0 Å². The molecule has 2 unspecified atom stereocenters. The molecule has 0 saturated heterocycles. The quantitative estimate of drug-likeness (QED) is 0.820. The molecule has 19 heavy (non-hydrogen) atoms. The molecule has 1 aliphatic rings. The fourth-order valence-corrected chi connectivity index (χ4v) is 3.01. The highest BCUT2D eigenvalue weighted by atomic mass is 16.1. The highest BCUT2D eigenvalue weighted by molar-refractivity contribution is 5.99. The lowest BCUT2D eigenvalue weighted by molar-refractivity contribution is 0.100. The Hall–Kier alpha value is -1.71. The first kappa shape index (κ1) is 13.7. The minimum absolute atomic E-state index is 0.419. The fourth-order valence-electron chi connectivity index (χ4n) is 3.01. The zero-order valence-corrected chi connectivity index (χ0v) is 11.7. The molecule has 0 aromatic heterocycles. The van der Waals surface area contributed by atoms with Crippen LogP contribution in [0.4, 0.5) is 11.4 Å². The largest absolute Gasteiger partial charge is 0.399 e. The van der Waals surface area contributed by atoms with Crippen molar-refractivity contribution in [2.45, 2.75) is 38.6 Å². The molecule has 1 amide bonds. The van der Waals surface area contributed by atoms with Crippen LogP contribution in [0.25, 0.3) is 0 Å². The van der Waals surface area contributed by atoms with Crippen LogP contribution < -0.4 is 16.4 Å². The van der Waals surface area contributed by atoms with Gasteiger partial charge in [-0.2, -0.15) is 0 Å². The molecular weight excluding hydrogens is 238 g/mol. The van der Waals surface area contributed by atoms with Crippen molar-refractivity contribution in [1.82, 2.24) is 0 Å². The SMILES string of the molecule is CC1CCCC(N(C)c2ccc(N)cc2C(N)=O)C1. The van der Waals surface area contributed by atoms with Crippen LogP contribution >= 0.6 is 0 Å². The molecule has 0 heterocycles. The highest BCUT2D eigenvalue weighted by Gasteiger charge is 2.24. The van der Waals surface area contributed by atoms with Crippen molar-refractivity contribution in [3.8, 4) is 0 Å². The van der Waals surface area contributed by atoms with E-state index in [2.05, 4.69) is 11.8 Å². The molecule has 1 aromatic rings. The molecule has 4 heteroatoms. The maximum absolute atomic E-state index is 11.6. The Labute approximate surface area is 114 Å². The summed E-state index contributed by atoms with van der Waals surface area (Å²) in [7, 11) is 2.04. The Kier molecular flexibility index (Phi) is 3.98. The van der Waals surface area contributed by atoms with E-state index in [0.717, 1.165) is 11.6 Å². The molecule has 2 rings (SSSR count). The van der Waals surface area contributed by atoms with Gasteiger partial charge in [0, 0.05) is 24.5 Å². The summed E-state index contributed by atoms with van der Waals surface area (Å²) >= 11 is 0. The number of nitrogen functional groups attached to an aromatic ring is 1. The van der Waals surface area contributed by atoms with E-state index >= 15 is 0 Å². The van der Waals surface area contributed by atoms with Gasteiger partial charge in [0.2, 0.25) is 0 Å². The van der Waals surface area contributed by atoms with Crippen LogP contribution in [-0.2, 0) is 0 Å². The van der Waals surface area contributed by atoms with Crippen LogP contribution in [0.2, 0.25) is 0 Å². The number of anilines is 2. The van der Waals surface area contributed by atoms with Crippen LogP contribution in [0.5, 0.6) is 0 Å². The number of hydrogen-bond donors (Lipinski definition) is 2. The minimum Gasteiger partial charge on any atom is -0.399 e. The average molecular weight is 261 g/mol. The second-order valence-electron chi connectivity index (χ2n) is 5.68.